The van der Waals surface area contributed by atoms with E-state index in [0.717, 1.165) is 17.2 Å². The van der Waals surface area contributed by atoms with Gasteiger partial charge in [0, 0.05) is 17.1 Å². The van der Waals surface area contributed by atoms with Crippen LogP contribution in [0.3, 0.4) is 0 Å². The van der Waals surface area contributed by atoms with Crippen LogP contribution < -0.4 is 0 Å². The maximum Gasteiger partial charge on any atom is 0.152 e. The Bertz CT molecular complexity index is 490. The topological polar surface area (TPSA) is 51.5 Å². The first kappa shape index (κ1) is 10.9. The van der Waals surface area contributed by atoms with Crippen molar-refractivity contribution in [1.29, 1.82) is 0 Å². The molecule has 4 heteroatoms. The van der Waals surface area contributed by atoms with Crippen molar-refractivity contribution in [2.75, 3.05) is 13.2 Å². The third-order valence-corrected chi connectivity index (χ3v) is 2.41. The third-order valence-electron chi connectivity index (χ3n) is 2.41. The minimum Gasteiger partial charge on any atom is -0.394 e. The summed E-state index contributed by atoms with van der Waals surface area (Å²) in [6.07, 6.45) is 2.60. The number of carbonyl (C=O) groups is 1. The number of benzene rings is 1. The van der Waals surface area contributed by atoms with Crippen LogP contribution in [0.2, 0.25) is 0 Å². The predicted octanol–water partition coefficient (Wildman–Crippen LogP) is 1.42. The Kier molecular flexibility index (Phi) is 3.34. The zero-order chi connectivity index (χ0) is 11.4. The molecule has 0 aliphatic heterocycles. The second-order valence-corrected chi connectivity index (χ2v) is 3.45. The molecule has 0 spiro atoms. The number of aldehydes is 1. The van der Waals surface area contributed by atoms with Gasteiger partial charge in [-0.3, -0.25) is 4.79 Å². The lowest BCUT2D eigenvalue weighted by molar-refractivity contribution is 0.0504. The molecule has 0 radical (unpaired) electrons. The van der Waals surface area contributed by atoms with E-state index in [4.69, 9.17) is 9.84 Å². The maximum absolute atomic E-state index is 10.9. The van der Waals surface area contributed by atoms with Gasteiger partial charge >= 0.3 is 0 Å². The lowest BCUT2D eigenvalue weighted by Gasteiger charge is -2.05. The van der Waals surface area contributed by atoms with Crippen molar-refractivity contribution < 1.29 is 14.6 Å². The lowest BCUT2D eigenvalue weighted by Crippen LogP contribution is -2.04. The number of carbonyl (C=O) groups excluding carboxylic acids is 1. The summed E-state index contributed by atoms with van der Waals surface area (Å²) in [5.41, 5.74) is 1.62. The van der Waals surface area contributed by atoms with Gasteiger partial charge in [0.2, 0.25) is 0 Å². The molecule has 0 aliphatic carbocycles. The Morgan fingerprint density at radius 1 is 1.38 bits per heavy atom. The van der Waals surface area contributed by atoms with E-state index in [0.29, 0.717) is 18.9 Å². The summed E-state index contributed by atoms with van der Waals surface area (Å²) in [7, 11) is 0. The Morgan fingerprint density at radius 2 is 2.19 bits per heavy atom. The number of aliphatic hydroxyl groups excluding tert-OH is 1. The molecule has 1 heterocycles. The van der Waals surface area contributed by atoms with Crippen LogP contribution in [0.5, 0.6) is 0 Å². The molecule has 2 rings (SSSR count). The van der Waals surface area contributed by atoms with Crippen molar-refractivity contribution in [3.05, 3.63) is 36.0 Å². The molecule has 0 fully saturated rings. The number of para-hydroxylation sites is 1. The van der Waals surface area contributed by atoms with Crippen LogP contribution in [-0.2, 0) is 11.5 Å². The number of hydrogen-bond donors (Lipinski definition) is 1. The van der Waals surface area contributed by atoms with E-state index in [1.165, 1.54) is 0 Å². The van der Waals surface area contributed by atoms with Gasteiger partial charge in [0.1, 0.15) is 6.73 Å². The van der Waals surface area contributed by atoms with Gasteiger partial charge in [-0.15, -0.1) is 0 Å². The highest BCUT2D eigenvalue weighted by atomic mass is 16.5. The molecule has 1 aromatic heterocycles. The number of ether oxygens (including phenoxy) is 1. The maximum atomic E-state index is 10.9. The SMILES string of the molecule is O=Cc1cn(COCCO)c2ccccc12. The average molecular weight is 219 g/mol. The van der Waals surface area contributed by atoms with Gasteiger partial charge in [-0.2, -0.15) is 0 Å². The number of aliphatic hydroxyl groups is 1. The third kappa shape index (κ3) is 1.98. The molecule has 0 atom stereocenters. The van der Waals surface area contributed by atoms with Crippen LogP contribution >= 0.6 is 0 Å². The first-order valence-corrected chi connectivity index (χ1v) is 5.08. The summed E-state index contributed by atoms with van der Waals surface area (Å²) in [6.45, 7) is 0.636. The molecule has 1 N–H and O–H groups in total. The van der Waals surface area contributed by atoms with Crippen molar-refractivity contribution in [2.24, 2.45) is 0 Å². The Balaban J connectivity index is 2.33. The summed E-state index contributed by atoms with van der Waals surface area (Å²) in [4.78, 5) is 10.9. The standard InChI is InChI=1S/C12H13NO3/c14-5-6-16-9-13-7-10(8-15)11-3-1-2-4-12(11)13/h1-4,7-8,14H,5-6,9H2. The van der Waals surface area contributed by atoms with Crippen molar-refractivity contribution in [1.82, 2.24) is 4.57 Å². The zero-order valence-corrected chi connectivity index (χ0v) is 8.80. The number of fused-ring (bicyclic) bond motifs is 1. The highest BCUT2D eigenvalue weighted by Gasteiger charge is 2.06. The molecule has 0 amide bonds. The highest BCUT2D eigenvalue weighted by molar-refractivity contribution is 5.97. The molecule has 0 saturated heterocycles. The molecule has 2 aromatic rings. The second-order valence-electron chi connectivity index (χ2n) is 3.45. The largest absolute Gasteiger partial charge is 0.394 e. The van der Waals surface area contributed by atoms with Gasteiger partial charge < -0.3 is 14.4 Å². The molecule has 0 saturated carbocycles. The normalized spacial score (nSPS) is 10.8. The van der Waals surface area contributed by atoms with Crippen LogP contribution in [0.4, 0.5) is 0 Å². The van der Waals surface area contributed by atoms with Crippen molar-refractivity contribution in [2.45, 2.75) is 6.73 Å². The number of nitrogens with zero attached hydrogens (tertiary/aromatic N) is 1. The van der Waals surface area contributed by atoms with E-state index in [1.54, 1.807) is 6.20 Å². The smallest absolute Gasteiger partial charge is 0.152 e. The summed E-state index contributed by atoms with van der Waals surface area (Å²) < 4.78 is 7.09. The van der Waals surface area contributed by atoms with Crippen molar-refractivity contribution in [3.8, 4) is 0 Å². The highest BCUT2D eigenvalue weighted by Crippen LogP contribution is 2.19. The molecule has 0 aliphatic rings. The minimum atomic E-state index is -0.000259. The summed E-state index contributed by atoms with van der Waals surface area (Å²) >= 11 is 0. The quantitative estimate of drug-likeness (QED) is 0.611. The van der Waals surface area contributed by atoms with Gasteiger partial charge in [0.15, 0.2) is 6.29 Å². The van der Waals surface area contributed by atoms with Gasteiger partial charge in [-0.05, 0) is 6.07 Å². The van der Waals surface area contributed by atoms with Crippen molar-refractivity contribution in [3.63, 3.8) is 0 Å². The lowest BCUT2D eigenvalue weighted by atomic mass is 10.2. The summed E-state index contributed by atoms with van der Waals surface area (Å²) in [5, 5.41) is 9.54. The predicted molar refractivity (Wildman–Crippen MR) is 60.4 cm³/mol. The molecular weight excluding hydrogens is 206 g/mol. The van der Waals surface area contributed by atoms with Gasteiger partial charge in [-0.25, -0.2) is 0 Å². The molecule has 84 valence electrons. The Hall–Kier alpha value is -1.65. The Labute approximate surface area is 93.1 Å². The molecule has 1 aromatic carbocycles. The number of rotatable bonds is 5. The molecule has 4 nitrogen and oxygen atoms in total. The van der Waals surface area contributed by atoms with E-state index in [1.807, 2.05) is 28.8 Å². The van der Waals surface area contributed by atoms with Gasteiger partial charge in [-0.1, -0.05) is 18.2 Å². The summed E-state index contributed by atoms with van der Waals surface area (Å²) in [5.74, 6) is 0. The fraction of sp³-hybridized carbons (Fsp3) is 0.250. The van der Waals surface area contributed by atoms with Crippen LogP contribution in [-0.4, -0.2) is 29.2 Å². The average Bonchev–Trinajstić information content (AvgIpc) is 2.68. The summed E-state index contributed by atoms with van der Waals surface area (Å²) in [6, 6.07) is 7.65. The molecule has 16 heavy (non-hydrogen) atoms. The molecule has 0 bridgehead atoms. The first-order valence-electron chi connectivity index (χ1n) is 5.08. The van der Waals surface area contributed by atoms with E-state index >= 15 is 0 Å². The van der Waals surface area contributed by atoms with Crippen LogP contribution in [0.25, 0.3) is 10.9 Å². The van der Waals surface area contributed by atoms with Gasteiger partial charge in [0.25, 0.3) is 0 Å². The molecule has 0 unspecified atom stereocenters. The molecular formula is C12H13NO3. The van der Waals surface area contributed by atoms with Crippen LogP contribution in [0, 0.1) is 0 Å². The number of hydrogen-bond acceptors (Lipinski definition) is 3. The Morgan fingerprint density at radius 3 is 2.94 bits per heavy atom. The van der Waals surface area contributed by atoms with Crippen LogP contribution in [0.15, 0.2) is 30.5 Å². The van der Waals surface area contributed by atoms with E-state index in [9.17, 15) is 4.79 Å². The fourth-order valence-electron chi connectivity index (χ4n) is 1.70. The van der Waals surface area contributed by atoms with E-state index < -0.39 is 0 Å². The number of aromatic nitrogens is 1. The van der Waals surface area contributed by atoms with Crippen LogP contribution in [0.1, 0.15) is 10.4 Å². The first-order chi connectivity index (χ1) is 7.86. The van der Waals surface area contributed by atoms with Crippen molar-refractivity contribution >= 4 is 17.2 Å². The van der Waals surface area contributed by atoms with E-state index in [-0.39, 0.29) is 6.61 Å². The fourth-order valence-corrected chi connectivity index (χ4v) is 1.70. The van der Waals surface area contributed by atoms with Gasteiger partial charge in [0.05, 0.1) is 18.7 Å². The zero-order valence-electron chi connectivity index (χ0n) is 8.80. The minimum absolute atomic E-state index is 0.000259. The monoisotopic (exact) mass is 219 g/mol. The second kappa shape index (κ2) is 4.92. The van der Waals surface area contributed by atoms with E-state index in [2.05, 4.69) is 0 Å².